The molecule has 0 atom stereocenters. The van der Waals surface area contributed by atoms with Crippen LogP contribution in [0.4, 0.5) is 20.3 Å². The Morgan fingerprint density at radius 2 is 1.79 bits per heavy atom. The number of hydrogen-bond donors (Lipinski definition) is 3. The number of piperazine rings is 1. The molecule has 0 spiro atoms. The van der Waals surface area contributed by atoms with E-state index in [1.807, 2.05) is 12.1 Å². The Morgan fingerprint density at radius 1 is 0.974 bits per heavy atom. The third-order valence-electron chi connectivity index (χ3n) is 7.48. The minimum absolute atomic E-state index is 0.170. The first-order valence-electron chi connectivity index (χ1n) is 13.5. The SMILES string of the molecule is O=C(Nc1ccc(N2CCNCC2)nc1)c1n[nH]c2ccc(-c3cc(CN4CCCCC4)cc(F)c3F)cc12. The Balaban J connectivity index is 1.24. The Morgan fingerprint density at radius 3 is 2.56 bits per heavy atom. The monoisotopic (exact) mass is 531 g/mol. The number of aromatic nitrogens is 3. The van der Waals surface area contributed by atoms with E-state index in [9.17, 15) is 13.6 Å². The summed E-state index contributed by atoms with van der Waals surface area (Å²) in [6, 6.07) is 11.8. The molecule has 1 amide bonds. The Bertz CT molecular complexity index is 1480. The largest absolute Gasteiger partial charge is 0.354 e. The molecule has 2 saturated heterocycles. The fraction of sp³-hybridized carbons (Fsp3) is 0.345. The molecule has 39 heavy (non-hydrogen) atoms. The van der Waals surface area contributed by atoms with Gasteiger partial charge >= 0.3 is 0 Å². The van der Waals surface area contributed by atoms with E-state index in [0.29, 0.717) is 28.7 Å². The van der Waals surface area contributed by atoms with Gasteiger partial charge in [-0.25, -0.2) is 13.8 Å². The van der Waals surface area contributed by atoms with Gasteiger partial charge in [0.1, 0.15) is 5.82 Å². The predicted molar refractivity (Wildman–Crippen MR) is 148 cm³/mol. The second-order valence-corrected chi connectivity index (χ2v) is 10.2. The number of amides is 1. The van der Waals surface area contributed by atoms with Gasteiger partial charge in [-0.1, -0.05) is 12.5 Å². The molecule has 202 valence electrons. The second-order valence-electron chi connectivity index (χ2n) is 10.2. The van der Waals surface area contributed by atoms with Gasteiger partial charge in [0.2, 0.25) is 0 Å². The quantitative estimate of drug-likeness (QED) is 0.338. The zero-order chi connectivity index (χ0) is 26.8. The highest BCUT2D eigenvalue weighted by molar-refractivity contribution is 6.11. The molecule has 2 fully saturated rings. The van der Waals surface area contributed by atoms with Gasteiger partial charge in [-0.15, -0.1) is 0 Å². The van der Waals surface area contributed by atoms with Crippen molar-refractivity contribution < 1.29 is 13.6 Å². The number of fused-ring (bicyclic) bond motifs is 1. The van der Waals surface area contributed by atoms with E-state index >= 15 is 0 Å². The number of H-pyrrole nitrogens is 1. The molecule has 0 aliphatic carbocycles. The van der Waals surface area contributed by atoms with Crippen LogP contribution in [-0.2, 0) is 6.54 Å². The van der Waals surface area contributed by atoms with Crippen LogP contribution in [0.1, 0.15) is 35.3 Å². The van der Waals surface area contributed by atoms with Crippen LogP contribution >= 0.6 is 0 Å². The molecule has 2 aliphatic heterocycles. The van der Waals surface area contributed by atoms with Crippen molar-refractivity contribution in [1.82, 2.24) is 25.4 Å². The van der Waals surface area contributed by atoms with Gasteiger partial charge in [-0.3, -0.25) is 14.8 Å². The first-order chi connectivity index (χ1) is 19.0. The molecule has 10 heteroatoms. The van der Waals surface area contributed by atoms with Crippen molar-refractivity contribution in [3.8, 4) is 11.1 Å². The van der Waals surface area contributed by atoms with Crippen LogP contribution in [0.15, 0.2) is 48.7 Å². The molecular formula is C29H31F2N7O. The number of anilines is 2. The topological polar surface area (TPSA) is 89.2 Å². The summed E-state index contributed by atoms with van der Waals surface area (Å²) in [4.78, 5) is 22.1. The zero-order valence-electron chi connectivity index (χ0n) is 21.6. The fourth-order valence-electron chi connectivity index (χ4n) is 5.41. The first kappa shape index (κ1) is 25.4. The lowest BCUT2D eigenvalue weighted by atomic mass is 9.99. The van der Waals surface area contributed by atoms with Crippen molar-refractivity contribution in [3.63, 3.8) is 0 Å². The molecule has 0 radical (unpaired) electrons. The van der Waals surface area contributed by atoms with Crippen molar-refractivity contribution in [2.75, 3.05) is 49.5 Å². The molecule has 4 aromatic rings. The van der Waals surface area contributed by atoms with E-state index in [2.05, 4.69) is 35.6 Å². The van der Waals surface area contributed by atoms with Crippen LogP contribution < -0.4 is 15.5 Å². The number of likely N-dealkylation sites (tertiary alicyclic amines) is 1. The van der Waals surface area contributed by atoms with Crippen molar-refractivity contribution in [2.24, 2.45) is 0 Å². The summed E-state index contributed by atoms with van der Waals surface area (Å²) in [5, 5.41) is 13.8. The number of aromatic amines is 1. The molecule has 6 rings (SSSR count). The number of nitrogens with one attached hydrogen (secondary N) is 3. The molecule has 0 unspecified atom stereocenters. The lowest BCUT2D eigenvalue weighted by Crippen LogP contribution is -2.43. The Labute approximate surface area is 225 Å². The summed E-state index contributed by atoms with van der Waals surface area (Å²) in [6.45, 7) is 6.08. The number of hydrogen-bond acceptors (Lipinski definition) is 6. The van der Waals surface area contributed by atoms with Crippen LogP contribution in [0.5, 0.6) is 0 Å². The molecule has 4 heterocycles. The molecule has 2 aromatic heterocycles. The summed E-state index contributed by atoms with van der Waals surface area (Å²) in [5.74, 6) is -1.33. The molecule has 0 saturated carbocycles. The summed E-state index contributed by atoms with van der Waals surface area (Å²) in [6.07, 6.45) is 5.07. The second kappa shape index (κ2) is 11.1. The zero-order valence-corrected chi connectivity index (χ0v) is 21.6. The number of carbonyl (C=O) groups is 1. The van der Waals surface area contributed by atoms with Crippen LogP contribution in [0, 0.1) is 11.6 Å². The fourth-order valence-corrected chi connectivity index (χ4v) is 5.41. The lowest BCUT2D eigenvalue weighted by molar-refractivity contribution is 0.102. The maximum atomic E-state index is 15.0. The summed E-state index contributed by atoms with van der Waals surface area (Å²) < 4.78 is 29.6. The van der Waals surface area contributed by atoms with E-state index in [0.717, 1.165) is 63.5 Å². The number of halogens is 2. The first-order valence-corrected chi connectivity index (χ1v) is 13.5. The van der Waals surface area contributed by atoms with Gasteiger partial charge in [0, 0.05) is 43.7 Å². The van der Waals surface area contributed by atoms with Gasteiger partial charge in [0.15, 0.2) is 17.3 Å². The molecule has 8 nitrogen and oxygen atoms in total. The van der Waals surface area contributed by atoms with Crippen molar-refractivity contribution in [1.29, 1.82) is 0 Å². The third-order valence-corrected chi connectivity index (χ3v) is 7.48. The van der Waals surface area contributed by atoms with Gasteiger partial charge in [-0.05, 0) is 73.5 Å². The molecule has 2 aromatic carbocycles. The van der Waals surface area contributed by atoms with Crippen LogP contribution in [-0.4, -0.2) is 65.3 Å². The smallest absolute Gasteiger partial charge is 0.276 e. The highest BCUT2D eigenvalue weighted by Crippen LogP contribution is 2.31. The summed E-state index contributed by atoms with van der Waals surface area (Å²) in [7, 11) is 0. The van der Waals surface area contributed by atoms with Gasteiger partial charge in [-0.2, -0.15) is 5.10 Å². The molecule has 3 N–H and O–H groups in total. The average molecular weight is 532 g/mol. The highest BCUT2D eigenvalue weighted by atomic mass is 19.2. The minimum atomic E-state index is -0.901. The van der Waals surface area contributed by atoms with Gasteiger partial charge in [0.25, 0.3) is 5.91 Å². The number of benzene rings is 2. The number of piperidine rings is 1. The normalized spacial score (nSPS) is 16.5. The van der Waals surface area contributed by atoms with Crippen LogP contribution in [0.25, 0.3) is 22.0 Å². The molecule has 0 bridgehead atoms. The summed E-state index contributed by atoms with van der Waals surface area (Å²) >= 11 is 0. The third kappa shape index (κ3) is 5.48. The van der Waals surface area contributed by atoms with E-state index in [1.54, 1.807) is 30.5 Å². The van der Waals surface area contributed by atoms with Crippen molar-refractivity contribution in [2.45, 2.75) is 25.8 Å². The van der Waals surface area contributed by atoms with E-state index < -0.39 is 17.5 Å². The lowest BCUT2D eigenvalue weighted by Gasteiger charge is -2.28. The average Bonchev–Trinajstić information content (AvgIpc) is 3.40. The van der Waals surface area contributed by atoms with E-state index in [-0.39, 0.29) is 11.3 Å². The number of nitrogens with zero attached hydrogens (tertiary/aromatic N) is 4. The van der Waals surface area contributed by atoms with E-state index in [4.69, 9.17) is 0 Å². The molecular weight excluding hydrogens is 500 g/mol. The van der Waals surface area contributed by atoms with Gasteiger partial charge in [0.05, 0.1) is 17.4 Å². The molecule has 2 aliphatic rings. The maximum Gasteiger partial charge on any atom is 0.276 e. The Kier molecular flexibility index (Phi) is 7.21. The van der Waals surface area contributed by atoms with Gasteiger partial charge < -0.3 is 15.5 Å². The number of carbonyl (C=O) groups excluding carboxylic acids is 1. The minimum Gasteiger partial charge on any atom is -0.354 e. The number of rotatable bonds is 6. The predicted octanol–water partition coefficient (Wildman–Crippen LogP) is 4.55. The standard InChI is InChI=1S/C29H31F2N7O/c30-24-15-19(18-37-10-2-1-3-11-37)14-22(27(24)31)20-4-6-25-23(16-20)28(36-35-25)29(39)34-21-5-7-26(33-17-21)38-12-8-32-9-13-38/h4-7,14-17,32H,1-3,8-13,18H2,(H,34,39)(H,35,36). The maximum absolute atomic E-state index is 15.0. The van der Waals surface area contributed by atoms with Crippen molar-refractivity contribution >= 4 is 28.3 Å². The van der Waals surface area contributed by atoms with Crippen molar-refractivity contribution in [3.05, 3.63) is 71.6 Å². The van der Waals surface area contributed by atoms with Crippen LogP contribution in [0.3, 0.4) is 0 Å². The van der Waals surface area contributed by atoms with E-state index in [1.165, 1.54) is 12.5 Å². The number of pyridine rings is 1. The van der Waals surface area contributed by atoms with Crippen LogP contribution in [0.2, 0.25) is 0 Å². The Hall–Kier alpha value is -3.89. The highest BCUT2D eigenvalue weighted by Gasteiger charge is 2.20. The summed E-state index contributed by atoms with van der Waals surface area (Å²) in [5.41, 5.74) is 2.73.